The Balaban J connectivity index is 2.33. The fourth-order valence-corrected chi connectivity index (χ4v) is 3.43. The highest BCUT2D eigenvalue weighted by Crippen LogP contribution is 2.26. The van der Waals surface area contributed by atoms with Gasteiger partial charge in [0.1, 0.15) is 16.4 Å². The number of nitrogens with one attached hydrogen (secondary N) is 1. The number of benzene rings is 2. The van der Waals surface area contributed by atoms with Crippen LogP contribution in [0.5, 0.6) is 11.5 Å². The van der Waals surface area contributed by atoms with E-state index in [0.29, 0.717) is 12.3 Å². The maximum absolute atomic E-state index is 12.7. The molecule has 0 heterocycles. The first-order valence-electron chi connectivity index (χ1n) is 7.83. The normalized spacial score (nSPS) is 11.1. The average molecular weight is 378 g/mol. The summed E-state index contributed by atoms with van der Waals surface area (Å²) in [5.74, 6) is 0.537. The maximum Gasteiger partial charge on any atom is 0.253 e. The number of carbonyl (C=O) groups is 1. The van der Waals surface area contributed by atoms with Crippen LogP contribution in [0, 0.1) is 0 Å². The number of hydrogen-bond acceptors (Lipinski definition) is 5. The van der Waals surface area contributed by atoms with Gasteiger partial charge in [-0.2, -0.15) is 0 Å². The third-order valence-corrected chi connectivity index (χ3v) is 5.35. The molecule has 0 fully saturated rings. The maximum atomic E-state index is 12.7. The molecule has 7 nitrogen and oxygen atoms in total. The van der Waals surface area contributed by atoms with E-state index in [9.17, 15) is 13.2 Å². The van der Waals surface area contributed by atoms with E-state index in [0.717, 1.165) is 5.56 Å². The molecule has 2 aromatic carbocycles. The molecule has 0 saturated heterocycles. The zero-order valence-corrected chi connectivity index (χ0v) is 16.0. The number of ether oxygens (including phenoxy) is 2. The number of para-hydroxylation sites is 1. The van der Waals surface area contributed by atoms with Crippen LogP contribution in [0.1, 0.15) is 15.9 Å². The van der Waals surface area contributed by atoms with Crippen LogP contribution in [-0.2, 0) is 16.6 Å². The summed E-state index contributed by atoms with van der Waals surface area (Å²) in [5, 5.41) is 0. The highest BCUT2D eigenvalue weighted by Gasteiger charge is 2.22. The fourth-order valence-electron chi connectivity index (χ4n) is 2.51. The molecule has 0 bridgehead atoms. The first kappa shape index (κ1) is 19.7. The summed E-state index contributed by atoms with van der Waals surface area (Å²) in [6.07, 6.45) is 0. The van der Waals surface area contributed by atoms with Crippen molar-refractivity contribution in [3.8, 4) is 11.5 Å². The molecule has 0 spiro atoms. The Morgan fingerprint density at radius 1 is 1.08 bits per heavy atom. The van der Waals surface area contributed by atoms with Gasteiger partial charge in [0.15, 0.2) is 0 Å². The molecule has 0 saturated carbocycles. The van der Waals surface area contributed by atoms with Crippen molar-refractivity contribution in [1.82, 2.24) is 9.62 Å². The van der Waals surface area contributed by atoms with Gasteiger partial charge in [0.2, 0.25) is 10.0 Å². The number of rotatable bonds is 7. The molecular formula is C18H22N2O5S. The lowest BCUT2D eigenvalue weighted by atomic mass is 10.1. The minimum Gasteiger partial charge on any atom is -0.496 e. The molecule has 8 heteroatoms. The lowest BCUT2D eigenvalue weighted by Gasteiger charge is -2.19. The molecule has 26 heavy (non-hydrogen) atoms. The van der Waals surface area contributed by atoms with Gasteiger partial charge in [-0.25, -0.2) is 13.1 Å². The van der Waals surface area contributed by atoms with Crippen molar-refractivity contribution in [3.05, 3.63) is 53.6 Å². The van der Waals surface area contributed by atoms with Crippen molar-refractivity contribution in [3.63, 3.8) is 0 Å². The van der Waals surface area contributed by atoms with Crippen LogP contribution in [0.25, 0.3) is 0 Å². The van der Waals surface area contributed by atoms with E-state index in [1.54, 1.807) is 14.2 Å². The van der Waals surface area contributed by atoms with E-state index in [1.165, 1.54) is 37.3 Å². The lowest BCUT2D eigenvalue weighted by Crippen LogP contribution is -2.27. The average Bonchev–Trinajstić information content (AvgIpc) is 2.67. The Hall–Kier alpha value is -2.58. The van der Waals surface area contributed by atoms with Gasteiger partial charge in [-0.15, -0.1) is 0 Å². The quantitative estimate of drug-likeness (QED) is 0.795. The summed E-state index contributed by atoms with van der Waals surface area (Å²) in [7, 11) is 2.13. The molecular weight excluding hydrogens is 356 g/mol. The van der Waals surface area contributed by atoms with E-state index in [4.69, 9.17) is 9.47 Å². The van der Waals surface area contributed by atoms with Crippen LogP contribution in [0.3, 0.4) is 0 Å². The Morgan fingerprint density at radius 2 is 1.73 bits per heavy atom. The second kappa shape index (κ2) is 8.20. The zero-order chi connectivity index (χ0) is 19.3. The molecule has 0 aliphatic rings. The molecule has 0 atom stereocenters. The van der Waals surface area contributed by atoms with Crippen molar-refractivity contribution in [2.24, 2.45) is 0 Å². The molecule has 0 aliphatic heterocycles. The van der Waals surface area contributed by atoms with Crippen molar-refractivity contribution in [1.29, 1.82) is 0 Å². The van der Waals surface area contributed by atoms with E-state index >= 15 is 0 Å². The van der Waals surface area contributed by atoms with Crippen LogP contribution in [0.2, 0.25) is 0 Å². The number of amides is 1. The molecule has 0 radical (unpaired) electrons. The summed E-state index contributed by atoms with van der Waals surface area (Å²) in [6.45, 7) is 0.322. The third-order valence-electron chi connectivity index (χ3n) is 3.92. The van der Waals surface area contributed by atoms with Gasteiger partial charge in [-0.3, -0.25) is 4.79 Å². The fraction of sp³-hybridized carbons (Fsp3) is 0.278. The first-order chi connectivity index (χ1) is 12.3. The number of sulfonamides is 1. The molecule has 1 N–H and O–H groups in total. The second-order valence-electron chi connectivity index (χ2n) is 5.55. The van der Waals surface area contributed by atoms with Crippen LogP contribution in [0.4, 0.5) is 0 Å². The number of methoxy groups -OCH3 is 2. The van der Waals surface area contributed by atoms with Gasteiger partial charge in [-0.05, 0) is 31.3 Å². The summed E-state index contributed by atoms with van der Waals surface area (Å²) in [5.41, 5.74) is 1.10. The van der Waals surface area contributed by atoms with E-state index in [2.05, 4.69) is 4.72 Å². The van der Waals surface area contributed by atoms with Crippen molar-refractivity contribution < 1.29 is 22.7 Å². The smallest absolute Gasteiger partial charge is 0.253 e. The highest BCUT2D eigenvalue weighted by atomic mass is 32.2. The molecule has 1 amide bonds. The van der Waals surface area contributed by atoms with Gasteiger partial charge < -0.3 is 14.4 Å². The summed E-state index contributed by atoms with van der Waals surface area (Å²) in [6, 6.07) is 11.7. The highest BCUT2D eigenvalue weighted by molar-refractivity contribution is 7.89. The van der Waals surface area contributed by atoms with Crippen LogP contribution in [0.15, 0.2) is 47.4 Å². The van der Waals surface area contributed by atoms with Gasteiger partial charge in [0, 0.05) is 24.7 Å². The molecule has 0 unspecified atom stereocenters. The predicted octanol–water partition coefficient (Wildman–Crippen LogP) is 1.88. The largest absolute Gasteiger partial charge is 0.496 e. The van der Waals surface area contributed by atoms with E-state index in [1.807, 2.05) is 24.3 Å². The topological polar surface area (TPSA) is 84.9 Å². The van der Waals surface area contributed by atoms with Gasteiger partial charge in [-0.1, -0.05) is 18.2 Å². The van der Waals surface area contributed by atoms with Crippen LogP contribution < -0.4 is 14.2 Å². The minimum atomic E-state index is -3.76. The second-order valence-corrected chi connectivity index (χ2v) is 7.40. The van der Waals surface area contributed by atoms with Crippen LogP contribution in [-0.4, -0.2) is 47.5 Å². The lowest BCUT2D eigenvalue weighted by molar-refractivity contribution is 0.0784. The van der Waals surface area contributed by atoms with Gasteiger partial charge >= 0.3 is 0 Å². The summed E-state index contributed by atoms with van der Waals surface area (Å²) >= 11 is 0. The Morgan fingerprint density at radius 3 is 2.35 bits per heavy atom. The molecule has 0 aromatic heterocycles. The molecule has 2 rings (SSSR count). The van der Waals surface area contributed by atoms with Crippen molar-refractivity contribution in [2.45, 2.75) is 11.4 Å². The first-order valence-corrected chi connectivity index (χ1v) is 9.31. The zero-order valence-electron chi connectivity index (χ0n) is 15.1. The monoisotopic (exact) mass is 378 g/mol. The Labute approximate surface area is 153 Å². The standard InChI is InChI=1S/C18H22N2O5S/c1-19-26(22,23)17-11-13(9-10-16(17)25-4)18(21)20(2)12-14-7-5-6-8-15(14)24-3/h5-11,19H,12H2,1-4H3. The minimum absolute atomic E-state index is 0.0842. The number of nitrogens with zero attached hydrogens (tertiary/aromatic N) is 1. The van der Waals surface area contributed by atoms with Crippen LogP contribution >= 0.6 is 0 Å². The SMILES string of the molecule is CNS(=O)(=O)c1cc(C(=O)N(C)Cc2ccccc2OC)ccc1OC. The van der Waals surface area contributed by atoms with Gasteiger partial charge in [0.25, 0.3) is 5.91 Å². The number of carbonyl (C=O) groups excluding carboxylic acids is 1. The van der Waals surface area contributed by atoms with Crippen molar-refractivity contribution >= 4 is 15.9 Å². The third kappa shape index (κ3) is 4.14. The Kier molecular flexibility index (Phi) is 6.23. The van der Waals surface area contributed by atoms with Crippen molar-refractivity contribution in [2.75, 3.05) is 28.3 Å². The summed E-state index contributed by atoms with van der Waals surface area (Å²) < 4.78 is 37.0. The molecule has 2 aromatic rings. The van der Waals surface area contributed by atoms with E-state index < -0.39 is 10.0 Å². The predicted molar refractivity (Wildman–Crippen MR) is 98.0 cm³/mol. The molecule has 0 aliphatic carbocycles. The number of hydrogen-bond donors (Lipinski definition) is 1. The summed E-state index contributed by atoms with van der Waals surface area (Å²) in [4.78, 5) is 14.2. The molecule has 140 valence electrons. The van der Waals surface area contributed by atoms with E-state index in [-0.39, 0.29) is 22.1 Å². The Bertz CT molecular complexity index is 896. The van der Waals surface area contributed by atoms with Gasteiger partial charge in [0.05, 0.1) is 14.2 Å².